The monoisotopic (exact) mass is 224 g/mol. The molecule has 0 bridgehead atoms. The molecular weight excluding hydrogens is 216 g/mol. The number of esters is 1. The van der Waals surface area contributed by atoms with Crippen molar-refractivity contribution >= 4 is 17.9 Å². The lowest BCUT2D eigenvalue weighted by Crippen LogP contribution is -2.10. The number of rotatable bonds is 3. The molecule has 0 radical (unpaired) electrons. The van der Waals surface area contributed by atoms with Crippen LogP contribution in [0.25, 0.3) is 0 Å². The Morgan fingerprint density at radius 1 is 1.62 bits per heavy atom. The molecule has 7 heteroatoms. The minimum absolute atomic E-state index is 0.102. The van der Waals surface area contributed by atoms with Crippen LogP contribution in [0.15, 0.2) is 6.07 Å². The van der Waals surface area contributed by atoms with Crippen LogP contribution in [0.4, 0.5) is 5.69 Å². The Morgan fingerprint density at radius 3 is 2.69 bits per heavy atom. The number of nitrogens with zero attached hydrogens (tertiary/aromatic N) is 2. The Labute approximate surface area is 90.2 Å². The number of nitro groups is 1. The second kappa shape index (κ2) is 4.47. The highest BCUT2D eigenvalue weighted by molar-refractivity contribution is 5.91. The number of ether oxygens (including phenoxy) is 1. The van der Waals surface area contributed by atoms with Gasteiger partial charge in [-0.1, -0.05) is 0 Å². The van der Waals surface area contributed by atoms with Crippen LogP contribution in [-0.4, -0.2) is 29.3 Å². The van der Waals surface area contributed by atoms with E-state index in [1.807, 2.05) is 0 Å². The maximum atomic E-state index is 11.2. The molecule has 0 aliphatic carbocycles. The molecule has 1 aromatic heterocycles. The van der Waals surface area contributed by atoms with Gasteiger partial charge in [-0.05, 0) is 12.5 Å². The molecule has 1 heterocycles. The molecule has 0 amide bonds. The molecule has 0 saturated heterocycles. The molecule has 16 heavy (non-hydrogen) atoms. The van der Waals surface area contributed by atoms with Gasteiger partial charge in [0.25, 0.3) is 5.69 Å². The first kappa shape index (κ1) is 11.8. The molecule has 0 aromatic carbocycles. The van der Waals surface area contributed by atoms with Crippen molar-refractivity contribution in [2.75, 3.05) is 7.11 Å². The van der Waals surface area contributed by atoms with Crippen molar-refractivity contribution in [1.29, 1.82) is 0 Å². The summed E-state index contributed by atoms with van der Waals surface area (Å²) in [6.07, 6.45) is 0.226. The molecular formula is C9H8N2O5. The van der Waals surface area contributed by atoms with Gasteiger partial charge in [-0.2, -0.15) is 0 Å². The lowest BCUT2D eigenvalue weighted by molar-refractivity contribution is -0.385. The molecule has 0 spiro atoms. The van der Waals surface area contributed by atoms with E-state index in [1.54, 1.807) is 0 Å². The largest absolute Gasteiger partial charge is 0.464 e. The Balaban J connectivity index is 3.42. The zero-order chi connectivity index (χ0) is 12.3. The molecule has 0 saturated carbocycles. The average Bonchev–Trinajstić information content (AvgIpc) is 2.27. The number of aryl methyl sites for hydroxylation is 1. The Bertz CT molecular complexity index is 469. The van der Waals surface area contributed by atoms with Gasteiger partial charge in [0, 0.05) is 6.07 Å². The second-order valence-electron chi connectivity index (χ2n) is 2.92. The first-order chi connectivity index (χ1) is 7.51. The van der Waals surface area contributed by atoms with E-state index in [0.717, 1.165) is 13.2 Å². The van der Waals surface area contributed by atoms with E-state index < -0.39 is 22.3 Å². The maximum Gasteiger partial charge on any atom is 0.356 e. The van der Waals surface area contributed by atoms with E-state index in [0.29, 0.717) is 0 Å². The number of hydrogen-bond acceptors (Lipinski definition) is 6. The van der Waals surface area contributed by atoms with Gasteiger partial charge < -0.3 is 4.74 Å². The van der Waals surface area contributed by atoms with E-state index in [9.17, 15) is 19.7 Å². The minimum Gasteiger partial charge on any atom is -0.464 e. The normalized spacial score (nSPS) is 9.62. The summed E-state index contributed by atoms with van der Waals surface area (Å²) in [4.78, 5) is 35.2. The van der Waals surface area contributed by atoms with Crippen LogP contribution >= 0.6 is 0 Å². The minimum atomic E-state index is -0.740. The smallest absolute Gasteiger partial charge is 0.356 e. The van der Waals surface area contributed by atoms with Gasteiger partial charge in [0.1, 0.15) is 0 Å². The Kier molecular flexibility index (Phi) is 3.29. The molecule has 0 aliphatic heterocycles. The highest BCUT2D eigenvalue weighted by Gasteiger charge is 2.21. The molecule has 7 nitrogen and oxygen atoms in total. The van der Waals surface area contributed by atoms with Gasteiger partial charge >= 0.3 is 5.97 Å². The number of pyridine rings is 1. The van der Waals surface area contributed by atoms with E-state index in [-0.39, 0.29) is 17.5 Å². The van der Waals surface area contributed by atoms with Crippen LogP contribution in [0.1, 0.15) is 26.5 Å². The Hall–Kier alpha value is -2.31. The van der Waals surface area contributed by atoms with Crippen molar-refractivity contribution in [3.8, 4) is 0 Å². The fraction of sp³-hybridized carbons (Fsp3) is 0.222. The fourth-order valence-electron chi connectivity index (χ4n) is 1.15. The van der Waals surface area contributed by atoms with E-state index in [1.165, 1.54) is 6.92 Å². The van der Waals surface area contributed by atoms with Crippen molar-refractivity contribution in [3.05, 3.63) is 33.1 Å². The van der Waals surface area contributed by atoms with Gasteiger partial charge in [0.05, 0.1) is 12.0 Å². The second-order valence-corrected chi connectivity index (χ2v) is 2.92. The molecule has 0 aliphatic rings. The van der Waals surface area contributed by atoms with Crippen LogP contribution in [-0.2, 0) is 4.74 Å². The predicted octanol–water partition coefficient (Wildman–Crippen LogP) is 0.897. The fourth-order valence-corrected chi connectivity index (χ4v) is 1.15. The summed E-state index contributed by atoms with van der Waals surface area (Å²) in [5, 5.41) is 10.6. The van der Waals surface area contributed by atoms with Crippen LogP contribution in [0.2, 0.25) is 0 Å². The molecule has 1 aromatic rings. The van der Waals surface area contributed by atoms with Crippen molar-refractivity contribution < 1.29 is 19.2 Å². The third kappa shape index (κ3) is 2.02. The van der Waals surface area contributed by atoms with Crippen molar-refractivity contribution in [2.24, 2.45) is 0 Å². The summed E-state index contributed by atoms with van der Waals surface area (Å²) in [5.74, 6) is -0.740. The highest BCUT2D eigenvalue weighted by atomic mass is 16.6. The summed E-state index contributed by atoms with van der Waals surface area (Å²) in [5.41, 5.74) is -0.643. The number of carbonyl (C=O) groups excluding carboxylic acids is 2. The van der Waals surface area contributed by atoms with Gasteiger partial charge in [0.2, 0.25) is 0 Å². The predicted molar refractivity (Wildman–Crippen MR) is 52.4 cm³/mol. The topological polar surface area (TPSA) is 99.4 Å². The first-order valence-electron chi connectivity index (χ1n) is 4.20. The standard InChI is InChI=1S/C9H8N2O5/c1-5-3-7(11(14)15)6(4-12)10-8(5)9(13)16-2/h3-4H,1-2H3. The summed E-state index contributed by atoms with van der Waals surface area (Å²) >= 11 is 0. The molecule has 84 valence electrons. The lowest BCUT2D eigenvalue weighted by Gasteiger charge is -2.03. The van der Waals surface area contributed by atoms with Crippen molar-refractivity contribution in [1.82, 2.24) is 4.98 Å². The van der Waals surface area contributed by atoms with E-state index >= 15 is 0 Å². The summed E-state index contributed by atoms with van der Waals surface area (Å²) in [6.45, 7) is 1.47. The van der Waals surface area contributed by atoms with Crippen LogP contribution < -0.4 is 0 Å². The lowest BCUT2D eigenvalue weighted by atomic mass is 10.1. The summed E-state index contributed by atoms with van der Waals surface area (Å²) < 4.78 is 4.43. The molecule has 0 unspecified atom stereocenters. The number of carbonyl (C=O) groups is 2. The first-order valence-corrected chi connectivity index (χ1v) is 4.20. The SMILES string of the molecule is COC(=O)c1nc(C=O)c([N+](=O)[O-])cc1C. The Morgan fingerprint density at radius 2 is 2.25 bits per heavy atom. The maximum absolute atomic E-state index is 11.2. The zero-order valence-corrected chi connectivity index (χ0v) is 8.59. The van der Waals surface area contributed by atoms with Gasteiger partial charge in [-0.25, -0.2) is 9.78 Å². The average molecular weight is 224 g/mol. The summed E-state index contributed by atoms with van der Waals surface area (Å²) in [6, 6.07) is 1.11. The molecule has 0 N–H and O–H groups in total. The molecule has 0 fully saturated rings. The van der Waals surface area contributed by atoms with Gasteiger partial charge in [-0.15, -0.1) is 0 Å². The number of aldehydes is 1. The zero-order valence-electron chi connectivity index (χ0n) is 8.59. The van der Waals surface area contributed by atoms with E-state index in [4.69, 9.17) is 0 Å². The van der Waals surface area contributed by atoms with Crippen molar-refractivity contribution in [2.45, 2.75) is 6.92 Å². The molecule has 0 atom stereocenters. The van der Waals surface area contributed by atoms with E-state index in [2.05, 4.69) is 9.72 Å². The van der Waals surface area contributed by atoms with Crippen LogP contribution in [0, 0.1) is 17.0 Å². The van der Waals surface area contributed by atoms with Gasteiger partial charge in [0.15, 0.2) is 17.7 Å². The molecule has 1 rings (SSSR count). The third-order valence-corrected chi connectivity index (χ3v) is 1.91. The van der Waals surface area contributed by atoms with Crippen LogP contribution in [0.3, 0.4) is 0 Å². The third-order valence-electron chi connectivity index (χ3n) is 1.91. The van der Waals surface area contributed by atoms with Gasteiger partial charge in [-0.3, -0.25) is 14.9 Å². The summed E-state index contributed by atoms with van der Waals surface area (Å²) in [7, 11) is 1.16. The highest BCUT2D eigenvalue weighted by Crippen LogP contribution is 2.19. The number of aromatic nitrogens is 1. The quantitative estimate of drug-likeness (QED) is 0.327. The number of methoxy groups -OCH3 is 1. The number of hydrogen-bond donors (Lipinski definition) is 0. The van der Waals surface area contributed by atoms with Crippen molar-refractivity contribution in [3.63, 3.8) is 0 Å². The van der Waals surface area contributed by atoms with Crippen LogP contribution in [0.5, 0.6) is 0 Å².